The zero-order valence-electron chi connectivity index (χ0n) is 7.33. The Bertz CT molecular complexity index is 338. The van der Waals surface area contributed by atoms with E-state index in [2.05, 4.69) is 11.1 Å². The SMILES string of the molecule is C=CC(O)(O[P+](=O)O)c1ccccc1. The second-order valence-corrected chi connectivity index (χ2v) is 3.25. The fourth-order valence-electron chi connectivity index (χ4n) is 1.00. The number of benzene rings is 1. The van der Waals surface area contributed by atoms with Crippen molar-refractivity contribution in [1.29, 1.82) is 0 Å². The highest BCUT2D eigenvalue weighted by Crippen LogP contribution is 2.33. The molecule has 0 aromatic heterocycles. The molecule has 1 aromatic carbocycles. The van der Waals surface area contributed by atoms with Crippen molar-refractivity contribution < 1.29 is 19.1 Å². The summed E-state index contributed by atoms with van der Waals surface area (Å²) < 4.78 is 14.9. The van der Waals surface area contributed by atoms with Gasteiger partial charge in [0.05, 0.1) is 0 Å². The normalized spacial score (nSPS) is 15.7. The molecule has 2 N–H and O–H groups in total. The predicted octanol–water partition coefficient (Wildman–Crippen LogP) is 1.68. The van der Waals surface area contributed by atoms with Crippen molar-refractivity contribution in [1.82, 2.24) is 0 Å². The van der Waals surface area contributed by atoms with Gasteiger partial charge >= 0.3 is 8.25 Å². The largest absolute Gasteiger partial charge is 0.698 e. The lowest BCUT2D eigenvalue weighted by Crippen LogP contribution is -2.23. The van der Waals surface area contributed by atoms with Gasteiger partial charge in [-0.2, -0.15) is 0 Å². The summed E-state index contributed by atoms with van der Waals surface area (Å²) >= 11 is 0. The van der Waals surface area contributed by atoms with Gasteiger partial charge < -0.3 is 5.11 Å². The van der Waals surface area contributed by atoms with Crippen LogP contribution in [0.3, 0.4) is 0 Å². The second kappa shape index (κ2) is 4.44. The van der Waals surface area contributed by atoms with Gasteiger partial charge in [-0.05, 0) is 6.08 Å². The van der Waals surface area contributed by atoms with Crippen molar-refractivity contribution in [2.75, 3.05) is 0 Å². The summed E-state index contributed by atoms with van der Waals surface area (Å²) in [5.41, 5.74) is 0.354. The zero-order chi connectivity index (χ0) is 10.6. The van der Waals surface area contributed by atoms with Crippen LogP contribution in [0.4, 0.5) is 0 Å². The Kier molecular flexibility index (Phi) is 3.49. The molecule has 0 radical (unpaired) electrons. The van der Waals surface area contributed by atoms with Gasteiger partial charge in [-0.1, -0.05) is 41.4 Å². The van der Waals surface area contributed by atoms with E-state index in [-0.39, 0.29) is 0 Å². The maximum Gasteiger partial charge on any atom is 0.698 e. The maximum absolute atomic E-state index is 10.5. The first kappa shape index (κ1) is 11.0. The van der Waals surface area contributed by atoms with Gasteiger partial charge in [0, 0.05) is 10.1 Å². The van der Waals surface area contributed by atoms with Crippen LogP contribution in [0, 0.1) is 0 Å². The molecule has 1 rings (SSSR count). The van der Waals surface area contributed by atoms with Crippen LogP contribution in [0.5, 0.6) is 0 Å². The van der Waals surface area contributed by atoms with Gasteiger partial charge in [0.15, 0.2) is 0 Å². The smallest absolute Gasteiger partial charge is 0.355 e. The Morgan fingerprint density at radius 1 is 1.43 bits per heavy atom. The average molecular weight is 213 g/mol. The molecule has 0 fully saturated rings. The van der Waals surface area contributed by atoms with E-state index in [0.29, 0.717) is 5.56 Å². The van der Waals surface area contributed by atoms with Crippen molar-refractivity contribution in [3.8, 4) is 0 Å². The summed E-state index contributed by atoms with van der Waals surface area (Å²) in [6, 6.07) is 8.25. The average Bonchev–Trinajstić information content (AvgIpc) is 2.18. The Morgan fingerprint density at radius 2 is 2.00 bits per heavy atom. The predicted molar refractivity (Wildman–Crippen MR) is 51.4 cm³/mol. The summed E-state index contributed by atoms with van der Waals surface area (Å²) in [6.45, 7) is 3.35. The van der Waals surface area contributed by atoms with Gasteiger partial charge in [-0.25, -0.2) is 0 Å². The Labute approximate surface area is 82.4 Å². The molecule has 0 aliphatic heterocycles. The molecule has 0 saturated heterocycles. The van der Waals surface area contributed by atoms with E-state index < -0.39 is 14.0 Å². The van der Waals surface area contributed by atoms with Crippen LogP contribution in [0.1, 0.15) is 5.56 Å². The molecule has 0 aliphatic carbocycles. The lowest BCUT2D eigenvalue weighted by atomic mass is 10.1. The lowest BCUT2D eigenvalue weighted by molar-refractivity contribution is -0.102. The molecule has 0 aliphatic rings. The topological polar surface area (TPSA) is 66.8 Å². The highest BCUT2D eigenvalue weighted by molar-refractivity contribution is 7.32. The minimum absolute atomic E-state index is 0.354. The highest BCUT2D eigenvalue weighted by Gasteiger charge is 2.37. The molecule has 0 spiro atoms. The summed E-state index contributed by atoms with van der Waals surface area (Å²) in [7, 11) is -2.89. The molecule has 5 heteroatoms. The van der Waals surface area contributed by atoms with E-state index in [9.17, 15) is 9.67 Å². The highest BCUT2D eigenvalue weighted by atomic mass is 31.1. The fraction of sp³-hybridized carbons (Fsp3) is 0.111. The first-order valence-electron chi connectivity index (χ1n) is 3.85. The zero-order valence-corrected chi connectivity index (χ0v) is 8.22. The summed E-state index contributed by atoms with van der Waals surface area (Å²) in [4.78, 5) is 8.56. The second-order valence-electron chi connectivity index (χ2n) is 2.60. The van der Waals surface area contributed by atoms with Gasteiger partial charge in [0.2, 0.25) is 0 Å². The molecular weight excluding hydrogens is 203 g/mol. The molecule has 14 heavy (non-hydrogen) atoms. The third kappa shape index (κ3) is 2.47. The first-order valence-corrected chi connectivity index (χ1v) is 4.98. The molecule has 0 bridgehead atoms. The summed E-state index contributed by atoms with van der Waals surface area (Å²) in [5, 5.41) is 9.78. The van der Waals surface area contributed by atoms with Crippen molar-refractivity contribution in [2.24, 2.45) is 0 Å². The molecule has 2 atom stereocenters. The summed E-state index contributed by atoms with van der Waals surface area (Å²) in [6.07, 6.45) is 1.06. The van der Waals surface area contributed by atoms with Crippen LogP contribution in [0.25, 0.3) is 0 Å². The van der Waals surface area contributed by atoms with Crippen LogP contribution in [0.2, 0.25) is 0 Å². The quantitative estimate of drug-likeness (QED) is 0.453. The van der Waals surface area contributed by atoms with Crippen molar-refractivity contribution in [3.05, 3.63) is 48.6 Å². The molecule has 2 unspecified atom stereocenters. The maximum atomic E-state index is 10.5. The van der Waals surface area contributed by atoms with Gasteiger partial charge in [0.25, 0.3) is 5.79 Å². The van der Waals surface area contributed by atoms with Crippen LogP contribution >= 0.6 is 8.25 Å². The summed E-state index contributed by atoms with van der Waals surface area (Å²) in [5.74, 6) is -1.91. The molecule has 4 nitrogen and oxygen atoms in total. The van der Waals surface area contributed by atoms with Crippen LogP contribution in [-0.2, 0) is 14.9 Å². The van der Waals surface area contributed by atoms with Gasteiger partial charge in [-0.3, -0.25) is 0 Å². The Morgan fingerprint density at radius 3 is 2.43 bits per heavy atom. The Balaban J connectivity index is 3.01. The Hall–Kier alpha value is -1.06. The standard InChI is InChI=1S/C9H9O4P/c1-2-9(10,13-14(11)12)8-6-4-3-5-7-8/h2-7,10H,1H2/p+1. The lowest BCUT2D eigenvalue weighted by Gasteiger charge is -2.16. The van der Waals surface area contributed by atoms with Gasteiger partial charge in [0.1, 0.15) is 0 Å². The van der Waals surface area contributed by atoms with Crippen LogP contribution < -0.4 is 0 Å². The molecule has 1 aromatic rings. The van der Waals surface area contributed by atoms with E-state index >= 15 is 0 Å². The van der Waals surface area contributed by atoms with E-state index in [1.165, 1.54) is 0 Å². The number of hydrogen-bond donors (Lipinski definition) is 2. The van der Waals surface area contributed by atoms with E-state index in [1.54, 1.807) is 30.3 Å². The van der Waals surface area contributed by atoms with Crippen molar-refractivity contribution >= 4 is 8.25 Å². The molecule has 74 valence electrons. The third-order valence-electron chi connectivity index (χ3n) is 1.68. The van der Waals surface area contributed by atoms with Gasteiger partial charge in [-0.15, -0.1) is 4.89 Å². The minimum atomic E-state index is -2.89. The van der Waals surface area contributed by atoms with Crippen LogP contribution in [0.15, 0.2) is 43.0 Å². The third-order valence-corrected chi connectivity index (χ3v) is 2.12. The van der Waals surface area contributed by atoms with E-state index in [4.69, 9.17) is 4.89 Å². The molecule has 0 heterocycles. The van der Waals surface area contributed by atoms with Crippen molar-refractivity contribution in [3.63, 3.8) is 0 Å². The molecule has 0 amide bonds. The minimum Gasteiger partial charge on any atom is -0.355 e. The monoisotopic (exact) mass is 213 g/mol. The van der Waals surface area contributed by atoms with Crippen molar-refractivity contribution in [2.45, 2.75) is 5.79 Å². The fourth-order valence-corrected chi connectivity index (χ4v) is 1.42. The molecule has 0 saturated carbocycles. The number of aliphatic hydroxyl groups is 1. The number of rotatable bonds is 4. The molecular formula is C9H10O4P+. The van der Waals surface area contributed by atoms with E-state index in [1.807, 2.05) is 0 Å². The van der Waals surface area contributed by atoms with Crippen LogP contribution in [-0.4, -0.2) is 10.00 Å². The van der Waals surface area contributed by atoms with E-state index in [0.717, 1.165) is 6.08 Å². The number of hydrogen-bond acceptors (Lipinski definition) is 3. The first-order chi connectivity index (χ1) is 6.58.